The molecular formula is C28H32N8. The summed E-state index contributed by atoms with van der Waals surface area (Å²) < 4.78 is 1.93. The van der Waals surface area contributed by atoms with Crippen LogP contribution in [0.3, 0.4) is 0 Å². The average Bonchev–Trinajstić information content (AvgIpc) is 3.64. The Hall–Kier alpha value is -3.78. The minimum Gasteiger partial charge on any atom is -0.369 e. The monoisotopic (exact) mass is 480 g/mol. The Bertz CT molecular complexity index is 1290. The third-order valence-electron chi connectivity index (χ3n) is 7.03. The summed E-state index contributed by atoms with van der Waals surface area (Å²) in [5.74, 6) is 1.53. The van der Waals surface area contributed by atoms with Gasteiger partial charge in [-0.1, -0.05) is 0 Å². The number of anilines is 3. The lowest BCUT2D eigenvalue weighted by atomic mass is 10.1. The Labute approximate surface area is 212 Å². The Kier molecular flexibility index (Phi) is 6.34. The zero-order valence-corrected chi connectivity index (χ0v) is 20.7. The van der Waals surface area contributed by atoms with Crippen LogP contribution in [-0.2, 0) is 6.54 Å². The van der Waals surface area contributed by atoms with E-state index in [0.717, 1.165) is 66.8 Å². The number of pyridine rings is 1. The van der Waals surface area contributed by atoms with Gasteiger partial charge in [0.1, 0.15) is 5.69 Å². The maximum absolute atomic E-state index is 4.81. The molecule has 2 aliphatic rings. The van der Waals surface area contributed by atoms with E-state index in [-0.39, 0.29) is 0 Å². The highest BCUT2D eigenvalue weighted by Crippen LogP contribution is 2.31. The predicted molar refractivity (Wildman–Crippen MR) is 143 cm³/mol. The van der Waals surface area contributed by atoms with E-state index in [9.17, 15) is 0 Å². The highest BCUT2D eigenvalue weighted by atomic mass is 15.3. The molecule has 6 rings (SSSR count). The second-order valence-electron chi connectivity index (χ2n) is 9.66. The van der Waals surface area contributed by atoms with E-state index in [4.69, 9.17) is 10.1 Å². The summed E-state index contributed by atoms with van der Waals surface area (Å²) in [4.78, 5) is 18.6. The lowest BCUT2D eigenvalue weighted by Crippen LogP contribution is -2.47. The number of hydrogen-bond donors (Lipinski definition) is 1. The number of piperazine rings is 1. The predicted octanol–water partition coefficient (Wildman–Crippen LogP) is 4.70. The molecule has 1 aliphatic heterocycles. The average molecular weight is 481 g/mol. The molecule has 184 valence electrons. The molecular weight excluding hydrogens is 448 g/mol. The van der Waals surface area contributed by atoms with Crippen LogP contribution < -0.4 is 10.2 Å². The Morgan fingerprint density at radius 3 is 2.53 bits per heavy atom. The normalized spacial score (nSPS) is 16.3. The third kappa shape index (κ3) is 5.09. The van der Waals surface area contributed by atoms with Crippen LogP contribution in [0.2, 0.25) is 0 Å². The van der Waals surface area contributed by atoms with E-state index in [1.165, 1.54) is 25.1 Å². The van der Waals surface area contributed by atoms with Crippen molar-refractivity contribution in [2.75, 3.05) is 42.9 Å². The minimum atomic E-state index is 0.565. The van der Waals surface area contributed by atoms with Gasteiger partial charge in [0, 0.05) is 86.6 Å². The first kappa shape index (κ1) is 22.7. The molecule has 1 N–H and O–H groups in total. The van der Waals surface area contributed by atoms with Gasteiger partial charge in [-0.2, -0.15) is 5.10 Å². The van der Waals surface area contributed by atoms with Gasteiger partial charge in [-0.15, -0.1) is 0 Å². The topological polar surface area (TPSA) is 75.0 Å². The van der Waals surface area contributed by atoms with Gasteiger partial charge < -0.3 is 10.2 Å². The fourth-order valence-corrected chi connectivity index (χ4v) is 4.79. The molecule has 4 heterocycles. The molecule has 1 saturated carbocycles. The maximum atomic E-state index is 4.81. The van der Waals surface area contributed by atoms with Crippen LogP contribution in [0.4, 0.5) is 17.3 Å². The van der Waals surface area contributed by atoms with E-state index in [1.54, 1.807) is 12.4 Å². The molecule has 1 aliphatic carbocycles. The van der Waals surface area contributed by atoms with Gasteiger partial charge >= 0.3 is 0 Å². The second kappa shape index (κ2) is 10.1. The minimum absolute atomic E-state index is 0.565. The lowest BCUT2D eigenvalue weighted by molar-refractivity contribution is 0.248. The molecule has 0 unspecified atom stereocenters. The van der Waals surface area contributed by atoms with E-state index in [0.29, 0.717) is 5.95 Å². The molecule has 4 aromatic rings. The summed E-state index contributed by atoms with van der Waals surface area (Å²) in [6.07, 6.45) is 10.3. The fraction of sp³-hybridized carbons (Fsp3) is 0.357. The summed E-state index contributed by atoms with van der Waals surface area (Å²) in [5, 5.41) is 8.12. The van der Waals surface area contributed by atoms with Crippen molar-refractivity contribution < 1.29 is 0 Å². The van der Waals surface area contributed by atoms with Crippen molar-refractivity contribution in [3.63, 3.8) is 0 Å². The lowest BCUT2D eigenvalue weighted by Gasteiger charge is -2.36. The molecule has 8 nitrogen and oxygen atoms in total. The van der Waals surface area contributed by atoms with Gasteiger partial charge in [0.2, 0.25) is 5.95 Å². The zero-order chi connectivity index (χ0) is 24.3. The van der Waals surface area contributed by atoms with Gasteiger partial charge in [0.15, 0.2) is 0 Å². The number of benzene rings is 1. The van der Waals surface area contributed by atoms with Crippen molar-refractivity contribution in [1.29, 1.82) is 0 Å². The SMILES string of the molecule is CCn1cc(-c2ccnc(Nc3ccc(N4CCN(CC5CC5)CC4)cc3)n2)c(-c2cccnc2)n1. The third-order valence-corrected chi connectivity index (χ3v) is 7.03. The van der Waals surface area contributed by atoms with E-state index in [2.05, 4.69) is 56.3 Å². The first-order chi connectivity index (χ1) is 17.7. The molecule has 36 heavy (non-hydrogen) atoms. The van der Waals surface area contributed by atoms with Gasteiger partial charge in [-0.25, -0.2) is 9.97 Å². The molecule has 1 aromatic carbocycles. The smallest absolute Gasteiger partial charge is 0.227 e. The largest absolute Gasteiger partial charge is 0.369 e. The van der Waals surface area contributed by atoms with Gasteiger partial charge in [-0.05, 0) is 68.1 Å². The standard InChI is InChI=1S/C28H32N8/c1-2-36-20-25(27(33-36)22-4-3-12-29-18-22)26-11-13-30-28(32-26)31-23-7-9-24(10-8-23)35-16-14-34(15-17-35)19-21-5-6-21/h3-4,7-13,18,20-21H,2,5-6,14-17,19H2,1H3,(H,30,31,32). The Morgan fingerprint density at radius 2 is 1.81 bits per heavy atom. The molecule has 0 amide bonds. The van der Waals surface area contributed by atoms with Gasteiger partial charge in [0.25, 0.3) is 0 Å². The van der Waals surface area contributed by atoms with Crippen molar-refractivity contribution >= 4 is 17.3 Å². The summed E-state index contributed by atoms with van der Waals surface area (Å²) in [5.41, 5.74) is 5.88. The first-order valence-corrected chi connectivity index (χ1v) is 12.9. The van der Waals surface area contributed by atoms with Crippen molar-refractivity contribution in [3.8, 4) is 22.5 Å². The van der Waals surface area contributed by atoms with Crippen molar-refractivity contribution in [3.05, 3.63) is 67.3 Å². The summed E-state index contributed by atoms with van der Waals surface area (Å²) in [7, 11) is 0. The zero-order valence-electron chi connectivity index (χ0n) is 20.7. The molecule has 2 fully saturated rings. The first-order valence-electron chi connectivity index (χ1n) is 12.9. The maximum Gasteiger partial charge on any atom is 0.227 e. The number of rotatable bonds is 8. The quantitative estimate of drug-likeness (QED) is 0.392. The Morgan fingerprint density at radius 1 is 0.972 bits per heavy atom. The van der Waals surface area contributed by atoms with E-state index >= 15 is 0 Å². The van der Waals surface area contributed by atoms with Crippen LogP contribution in [-0.4, -0.2) is 62.4 Å². The summed E-state index contributed by atoms with van der Waals surface area (Å²) in [6.45, 7) is 8.66. The van der Waals surface area contributed by atoms with Crippen LogP contribution in [0.5, 0.6) is 0 Å². The van der Waals surface area contributed by atoms with Gasteiger partial charge in [-0.3, -0.25) is 14.6 Å². The van der Waals surface area contributed by atoms with E-state index in [1.807, 2.05) is 35.3 Å². The number of hydrogen-bond acceptors (Lipinski definition) is 7. The highest BCUT2D eigenvalue weighted by Gasteiger charge is 2.26. The number of aromatic nitrogens is 5. The molecule has 0 spiro atoms. The Balaban J connectivity index is 1.15. The van der Waals surface area contributed by atoms with Crippen LogP contribution in [0.1, 0.15) is 19.8 Å². The van der Waals surface area contributed by atoms with Crippen molar-refractivity contribution in [1.82, 2.24) is 29.6 Å². The van der Waals surface area contributed by atoms with Crippen LogP contribution in [0.15, 0.2) is 67.3 Å². The fourth-order valence-electron chi connectivity index (χ4n) is 4.79. The van der Waals surface area contributed by atoms with Crippen LogP contribution in [0, 0.1) is 5.92 Å². The summed E-state index contributed by atoms with van der Waals surface area (Å²) in [6, 6.07) is 14.5. The highest BCUT2D eigenvalue weighted by molar-refractivity contribution is 5.78. The van der Waals surface area contributed by atoms with Crippen LogP contribution in [0.25, 0.3) is 22.5 Å². The number of aryl methyl sites for hydroxylation is 1. The number of nitrogens with zero attached hydrogens (tertiary/aromatic N) is 7. The van der Waals surface area contributed by atoms with Crippen LogP contribution >= 0.6 is 0 Å². The molecule has 8 heteroatoms. The molecule has 1 saturated heterocycles. The second-order valence-corrected chi connectivity index (χ2v) is 9.66. The molecule has 0 atom stereocenters. The van der Waals surface area contributed by atoms with E-state index < -0.39 is 0 Å². The number of nitrogens with one attached hydrogen (secondary N) is 1. The van der Waals surface area contributed by atoms with Crippen molar-refractivity contribution in [2.24, 2.45) is 5.92 Å². The summed E-state index contributed by atoms with van der Waals surface area (Å²) >= 11 is 0. The van der Waals surface area contributed by atoms with Gasteiger partial charge in [0.05, 0.1) is 5.69 Å². The van der Waals surface area contributed by atoms with Crippen molar-refractivity contribution in [2.45, 2.75) is 26.3 Å². The molecule has 3 aromatic heterocycles. The molecule has 0 bridgehead atoms. The molecule has 0 radical (unpaired) electrons.